The van der Waals surface area contributed by atoms with Crippen LogP contribution in [0.4, 0.5) is 0 Å². The molecule has 0 bridgehead atoms. The zero-order chi connectivity index (χ0) is 27.2. The van der Waals surface area contributed by atoms with Gasteiger partial charge in [-0.05, 0) is 60.9 Å². The molecule has 0 fully saturated rings. The molecule has 0 saturated heterocycles. The van der Waals surface area contributed by atoms with Gasteiger partial charge >= 0.3 is 0 Å². The molecule has 3 aromatic carbocycles. The lowest BCUT2D eigenvalue weighted by Gasteiger charge is -2.15. The highest BCUT2D eigenvalue weighted by molar-refractivity contribution is 6.08. The van der Waals surface area contributed by atoms with Crippen LogP contribution in [-0.2, 0) is 25.9 Å². The monoisotopic (exact) mass is 514 g/mol. The van der Waals surface area contributed by atoms with E-state index in [-0.39, 0.29) is 5.78 Å². The van der Waals surface area contributed by atoms with Crippen molar-refractivity contribution in [1.82, 2.24) is 9.13 Å². The molecule has 5 aromatic rings. The Labute approximate surface area is 232 Å². The van der Waals surface area contributed by atoms with Gasteiger partial charge in [0.2, 0.25) is 5.78 Å². The number of aromatic nitrogens is 2. The molecular formula is C36H38N2O. The summed E-state index contributed by atoms with van der Waals surface area (Å²) < 4.78 is 4.56. The molecule has 0 N–H and O–H groups in total. The van der Waals surface area contributed by atoms with Crippen molar-refractivity contribution in [2.24, 2.45) is 5.41 Å². The second kappa shape index (κ2) is 11.7. The van der Waals surface area contributed by atoms with Crippen LogP contribution in [0.15, 0.2) is 115 Å². The van der Waals surface area contributed by atoms with Crippen LogP contribution < -0.4 is 0 Å². The van der Waals surface area contributed by atoms with Crippen molar-refractivity contribution in [3.63, 3.8) is 0 Å². The number of carbonyl (C=O) groups is 1. The van der Waals surface area contributed by atoms with Crippen molar-refractivity contribution in [1.29, 1.82) is 0 Å². The predicted molar refractivity (Wildman–Crippen MR) is 161 cm³/mol. The molecule has 0 amide bonds. The van der Waals surface area contributed by atoms with Crippen LogP contribution in [0.2, 0.25) is 0 Å². The number of fused-ring (bicyclic) bond motifs is 2. The molecule has 3 heteroatoms. The molecule has 0 unspecified atom stereocenters. The molecule has 7 rings (SSSR count). The average molecular weight is 515 g/mol. The average Bonchev–Trinajstić information content (AvgIpc) is 3.72. The van der Waals surface area contributed by atoms with E-state index >= 15 is 0 Å². The maximum atomic E-state index is 12.2. The molecule has 0 aliphatic carbocycles. The van der Waals surface area contributed by atoms with Gasteiger partial charge in [0.05, 0.1) is 5.69 Å². The number of hydrogen-bond acceptors (Lipinski definition) is 1. The lowest BCUT2D eigenvalue weighted by Crippen LogP contribution is -2.11. The summed E-state index contributed by atoms with van der Waals surface area (Å²) >= 11 is 0. The number of hydrogen-bond donors (Lipinski definition) is 0. The van der Waals surface area contributed by atoms with E-state index in [1.54, 1.807) is 0 Å². The molecule has 2 aromatic heterocycles. The largest absolute Gasteiger partial charge is 0.350 e. The van der Waals surface area contributed by atoms with Crippen molar-refractivity contribution in [3.05, 3.63) is 144 Å². The molecule has 0 atom stereocenters. The van der Waals surface area contributed by atoms with Crippen LogP contribution in [0.25, 0.3) is 11.1 Å². The Morgan fingerprint density at radius 2 is 1.38 bits per heavy atom. The molecule has 2 aliphatic heterocycles. The third-order valence-electron chi connectivity index (χ3n) is 7.45. The van der Waals surface area contributed by atoms with Gasteiger partial charge < -0.3 is 9.13 Å². The highest BCUT2D eigenvalue weighted by Gasteiger charge is 2.28. The van der Waals surface area contributed by atoms with Gasteiger partial charge in [-0.2, -0.15) is 0 Å². The Morgan fingerprint density at radius 1 is 0.744 bits per heavy atom. The van der Waals surface area contributed by atoms with Crippen molar-refractivity contribution in [3.8, 4) is 11.1 Å². The van der Waals surface area contributed by atoms with Crippen molar-refractivity contribution in [2.45, 2.75) is 53.1 Å². The first-order valence-electron chi connectivity index (χ1n) is 13.9. The Morgan fingerprint density at radius 3 is 2.03 bits per heavy atom. The van der Waals surface area contributed by atoms with Gasteiger partial charge in [-0.1, -0.05) is 110 Å². The van der Waals surface area contributed by atoms with E-state index in [2.05, 4.69) is 72.5 Å². The highest BCUT2D eigenvalue weighted by atomic mass is 16.1. The molecule has 2 aliphatic rings. The summed E-state index contributed by atoms with van der Waals surface area (Å²) in [5, 5.41) is 0. The van der Waals surface area contributed by atoms with Crippen LogP contribution in [-0.4, -0.2) is 14.9 Å². The van der Waals surface area contributed by atoms with E-state index in [1.807, 2.05) is 72.8 Å². The van der Waals surface area contributed by atoms with Crippen LogP contribution in [0.5, 0.6) is 0 Å². The van der Waals surface area contributed by atoms with Gasteiger partial charge in [-0.15, -0.1) is 0 Å². The zero-order valence-electron chi connectivity index (χ0n) is 23.3. The maximum absolute atomic E-state index is 12.2. The van der Waals surface area contributed by atoms with Crippen molar-refractivity contribution >= 4 is 5.78 Å². The Balaban J connectivity index is 0.000000131. The Bertz CT molecular complexity index is 1450. The molecule has 198 valence electrons. The molecular weight excluding hydrogens is 476 g/mol. The first kappa shape index (κ1) is 26.5. The van der Waals surface area contributed by atoms with E-state index in [0.29, 0.717) is 5.41 Å². The molecule has 4 heterocycles. The van der Waals surface area contributed by atoms with Gasteiger partial charge in [-0.25, -0.2) is 0 Å². The van der Waals surface area contributed by atoms with E-state index < -0.39 is 0 Å². The van der Waals surface area contributed by atoms with E-state index in [1.165, 1.54) is 34.5 Å². The SMILES string of the molecule is Cc1ccc(-c2cc3n(c2)CC(C)(C)C3)cc1.O=C(c1ccccc1)c1ccc2n1CCC2.c1ccccc1. The number of carbonyl (C=O) groups excluding carboxylic acids is 1. The number of rotatable bonds is 3. The Hall–Kier alpha value is -4.11. The lowest BCUT2D eigenvalue weighted by atomic mass is 9.91. The summed E-state index contributed by atoms with van der Waals surface area (Å²) in [4.78, 5) is 12.2. The van der Waals surface area contributed by atoms with E-state index in [4.69, 9.17) is 0 Å². The second-order valence-corrected chi connectivity index (χ2v) is 11.4. The summed E-state index contributed by atoms with van der Waals surface area (Å²) in [6, 6.07) is 36.6. The minimum Gasteiger partial charge on any atom is -0.350 e. The maximum Gasteiger partial charge on any atom is 0.209 e. The van der Waals surface area contributed by atoms with Gasteiger partial charge in [0.1, 0.15) is 0 Å². The van der Waals surface area contributed by atoms with Gasteiger partial charge in [0.15, 0.2) is 0 Å². The third kappa shape index (κ3) is 6.49. The van der Waals surface area contributed by atoms with Crippen LogP contribution in [0, 0.1) is 12.3 Å². The fourth-order valence-corrected chi connectivity index (χ4v) is 5.49. The molecule has 0 saturated carbocycles. The van der Waals surface area contributed by atoms with Gasteiger partial charge in [0, 0.05) is 36.2 Å². The molecule has 3 nitrogen and oxygen atoms in total. The van der Waals surface area contributed by atoms with Crippen LogP contribution in [0.1, 0.15) is 53.3 Å². The summed E-state index contributed by atoms with van der Waals surface area (Å²) in [6.07, 6.45) is 5.75. The number of aryl methyl sites for hydroxylation is 2. The lowest BCUT2D eigenvalue weighted by molar-refractivity contribution is 0.103. The topological polar surface area (TPSA) is 26.9 Å². The summed E-state index contributed by atoms with van der Waals surface area (Å²) in [7, 11) is 0. The second-order valence-electron chi connectivity index (χ2n) is 11.4. The van der Waals surface area contributed by atoms with Crippen LogP contribution >= 0.6 is 0 Å². The van der Waals surface area contributed by atoms with Gasteiger partial charge in [0.25, 0.3) is 0 Å². The highest BCUT2D eigenvalue weighted by Crippen LogP contribution is 2.35. The standard InChI is InChI=1S/C16H19N.C14H13NO.C6H6/c1-12-4-6-13(7-5-12)14-8-15-9-16(2,3)11-17(15)10-14;16-14(11-5-2-1-3-6-11)13-9-8-12-7-4-10-15(12)13;1-2-4-6-5-3-1/h4-8,10H,9,11H2,1-3H3;1-3,5-6,8-9H,4,7,10H2;1-6H. The quantitative estimate of drug-likeness (QED) is 0.222. The summed E-state index contributed by atoms with van der Waals surface area (Å²) in [5.74, 6) is 0.133. The van der Waals surface area contributed by atoms with Crippen molar-refractivity contribution < 1.29 is 4.79 Å². The fraction of sp³-hybridized carbons (Fsp3) is 0.250. The summed E-state index contributed by atoms with van der Waals surface area (Å²) in [5.41, 5.74) is 8.81. The van der Waals surface area contributed by atoms with E-state index in [9.17, 15) is 4.79 Å². The third-order valence-corrected chi connectivity index (χ3v) is 7.45. The normalized spacial score (nSPS) is 14.3. The molecule has 0 spiro atoms. The fourth-order valence-electron chi connectivity index (χ4n) is 5.49. The van der Waals surface area contributed by atoms with E-state index in [0.717, 1.165) is 37.2 Å². The Kier molecular flexibility index (Phi) is 7.97. The first-order valence-corrected chi connectivity index (χ1v) is 13.9. The van der Waals surface area contributed by atoms with Crippen molar-refractivity contribution in [2.75, 3.05) is 0 Å². The molecule has 39 heavy (non-hydrogen) atoms. The minimum atomic E-state index is 0.133. The molecule has 0 radical (unpaired) electrons. The number of ketones is 1. The smallest absolute Gasteiger partial charge is 0.209 e. The number of benzene rings is 3. The zero-order valence-corrected chi connectivity index (χ0v) is 23.3. The van der Waals surface area contributed by atoms with Gasteiger partial charge in [-0.3, -0.25) is 4.79 Å². The predicted octanol–water partition coefficient (Wildman–Crippen LogP) is 8.40. The minimum absolute atomic E-state index is 0.133. The first-order chi connectivity index (χ1) is 18.9. The van der Waals surface area contributed by atoms with Crippen LogP contribution in [0.3, 0.4) is 0 Å². The summed E-state index contributed by atoms with van der Waals surface area (Å²) in [6.45, 7) is 8.94. The number of nitrogens with zero attached hydrogens (tertiary/aromatic N) is 2.